The molecule has 3 atom stereocenters. The molecule has 2 aliphatic heterocycles. The minimum atomic E-state index is -0.525. The molecule has 0 radical (unpaired) electrons. The number of benzene rings is 2. The maximum absolute atomic E-state index is 13.3. The fraction of sp³-hybridized carbons (Fsp3) is 0.488. The van der Waals surface area contributed by atoms with Crippen molar-refractivity contribution in [3.05, 3.63) is 72.1 Å². The van der Waals surface area contributed by atoms with Crippen molar-refractivity contribution in [3.8, 4) is 28.4 Å². The number of rotatable bonds is 10. The predicted molar refractivity (Wildman–Crippen MR) is 200 cm³/mol. The Bertz CT molecular complexity index is 1920. The molecule has 52 heavy (non-hydrogen) atoms. The van der Waals surface area contributed by atoms with Gasteiger partial charge in [-0.05, 0) is 94.8 Å². The third-order valence-corrected chi connectivity index (χ3v) is 10.6. The Morgan fingerprint density at radius 1 is 0.904 bits per heavy atom. The highest BCUT2D eigenvalue weighted by atomic mass is 16.6. The van der Waals surface area contributed by atoms with E-state index in [1.165, 1.54) is 5.56 Å². The SMILES string of the molecule is COc1ccc([C@@H](C)N2C[C@H]([C@@H](C)Oc3cc(-c4ccc(N5CCN(C(=O)OC(C)(C)C)CC5)c(OC)c4)cn4ncc(C5CC5)c34)CC2=O)cc1. The van der Waals surface area contributed by atoms with Crippen molar-refractivity contribution in [3.63, 3.8) is 0 Å². The number of carbonyl (C=O) groups excluding carboxylic acids is 2. The molecule has 3 fully saturated rings. The standard InChI is InChI=1S/C41H51N5O6/c1-26(28-10-13-33(49-6)14-11-28)45-24-31(22-38(45)47)27(2)51-37-21-32(25-46-39(37)34(23-42-46)29-8-9-29)30-12-15-35(36(20-30)50-7)43-16-18-44(19-17-43)40(48)52-41(3,4)5/h10-15,20-21,23,25-27,29,31H,8-9,16-19,22,24H2,1-7H3/t26-,27-,31-/m1/s1. The zero-order valence-electron chi connectivity index (χ0n) is 31.4. The lowest BCUT2D eigenvalue weighted by atomic mass is 10.0. The largest absolute Gasteiger partial charge is 0.497 e. The normalized spacial score (nSPS) is 19.2. The van der Waals surface area contributed by atoms with Crippen LogP contribution in [-0.4, -0.2) is 90.1 Å². The molecule has 11 heteroatoms. The fourth-order valence-electron chi connectivity index (χ4n) is 7.43. The first-order valence-corrected chi connectivity index (χ1v) is 18.4. The maximum atomic E-state index is 13.3. The van der Waals surface area contributed by atoms with Crippen LogP contribution < -0.4 is 19.1 Å². The lowest BCUT2D eigenvalue weighted by Gasteiger charge is -2.37. The summed E-state index contributed by atoms with van der Waals surface area (Å²) < 4.78 is 25.6. The van der Waals surface area contributed by atoms with E-state index in [2.05, 4.69) is 49.2 Å². The van der Waals surface area contributed by atoms with Gasteiger partial charge in [0, 0.05) is 62.4 Å². The minimum Gasteiger partial charge on any atom is -0.497 e. The highest BCUT2D eigenvalue weighted by Gasteiger charge is 2.38. The lowest BCUT2D eigenvalue weighted by molar-refractivity contribution is -0.129. The molecule has 1 aliphatic carbocycles. The van der Waals surface area contributed by atoms with E-state index in [-0.39, 0.29) is 30.1 Å². The van der Waals surface area contributed by atoms with E-state index >= 15 is 0 Å². The summed E-state index contributed by atoms with van der Waals surface area (Å²) in [5.41, 5.74) is 5.68. The molecule has 0 N–H and O–H groups in total. The summed E-state index contributed by atoms with van der Waals surface area (Å²) in [5, 5.41) is 4.79. The number of likely N-dealkylation sites (tertiary alicyclic amines) is 1. The number of methoxy groups -OCH3 is 2. The molecule has 2 amide bonds. The number of aromatic nitrogens is 2. The van der Waals surface area contributed by atoms with E-state index in [1.807, 2.05) is 60.6 Å². The molecule has 2 aromatic carbocycles. The molecule has 0 spiro atoms. The van der Waals surface area contributed by atoms with Gasteiger partial charge in [-0.1, -0.05) is 18.2 Å². The van der Waals surface area contributed by atoms with E-state index in [1.54, 1.807) is 19.1 Å². The van der Waals surface area contributed by atoms with Crippen LogP contribution in [0.25, 0.3) is 16.6 Å². The summed E-state index contributed by atoms with van der Waals surface area (Å²) in [5.74, 6) is 3.01. The van der Waals surface area contributed by atoms with E-state index in [0.717, 1.165) is 58.0 Å². The summed E-state index contributed by atoms with van der Waals surface area (Å²) in [6.07, 6.45) is 6.30. The fourth-order valence-corrected chi connectivity index (χ4v) is 7.43. The summed E-state index contributed by atoms with van der Waals surface area (Å²) in [4.78, 5) is 32.0. The molecule has 0 unspecified atom stereocenters. The first-order valence-electron chi connectivity index (χ1n) is 18.4. The number of carbonyl (C=O) groups is 2. The number of amides is 2. The average Bonchev–Trinajstić information content (AvgIpc) is 3.77. The van der Waals surface area contributed by atoms with Gasteiger partial charge in [0.2, 0.25) is 5.91 Å². The molecule has 276 valence electrons. The molecule has 7 rings (SSSR count). The van der Waals surface area contributed by atoms with Crippen LogP contribution in [0.15, 0.2) is 60.9 Å². The van der Waals surface area contributed by atoms with Crippen LogP contribution >= 0.6 is 0 Å². The molecule has 4 aromatic rings. The van der Waals surface area contributed by atoms with Crippen LogP contribution in [-0.2, 0) is 9.53 Å². The number of ether oxygens (including phenoxy) is 4. The van der Waals surface area contributed by atoms with Gasteiger partial charge in [0.1, 0.15) is 34.5 Å². The van der Waals surface area contributed by atoms with Gasteiger partial charge in [-0.15, -0.1) is 0 Å². The number of hydrogen-bond acceptors (Lipinski definition) is 8. The van der Waals surface area contributed by atoms with Crippen molar-refractivity contribution in [2.24, 2.45) is 5.92 Å². The molecule has 2 aromatic heterocycles. The Labute approximate surface area is 306 Å². The van der Waals surface area contributed by atoms with E-state index in [9.17, 15) is 9.59 Å². The Hall–Kier alpha value is -4.93. The summed E-state index contributed by atoms with van der Waals surface area (Å²) >= 11 is 0. The third-order valence-electron chi connectivity index (χ3n) is 10.6. The summed E-state index contributed by atoms with van der Waals surface area (Å²) in [6, 6.07) is 16.3. The molecule has 4 heterocycles. The van der Waals surface area contributed by atoms with Crippen molar-refractivity contribution in [2.75, 3.05) is 51.8 Å². The molecular weight excluding hydrogens is 658 g/mol. The van der Waals surface area contributed by atoms with E-state index in [4.69, 9.17) is 24.0 Å². The third kappa shape index (κ3) is 7.36. The van der Waals surface area contributed by atoms with Gasteiger partial charge in [0.15, 0.2) is 0 Å². The van der Waals surface area contributed by atoms with Crippen LogP contribution in [0.2, 0.25) is 0 Å². The molecule has 3 aliphatic rings. The monoisotopic (exact) mass is 709 g/mol. The predicted octanol–water partition coefficient (Wildman–Crippen LogP) is 7.33. The lowest BCUT2D eigenvalue weighted by Crippen LogP contribution is -2.50. The van der Waals surface area contributed by atoms with Crippen molar-refractivity contribution in [1.82, 2.24) is 19.4 Å². The molecule has 11 nitrogen and oxygen atoms in total. The Morgan fingerprint density at radius 3 is 2.27 bits per heavy atom. The van der Waals surface area contributed by atoms with Crippen LogP contribution in [0, 0.1) is 5.92 Å². The first-order chi connectivity index (χ1) is 24.9. The van der Waals surface area contributed by atoms with Crippen molar-refractivity contribution < 1.29 is 28.5 Å². The number of nitrogens with zero attached hydrogens (tertiary/aromatic N) is 5. The number of anilines is 1. The first kappa shape index (κ1) is 35.5. The molecular formula is C41H51N5O6. The topological polar surface area (TPSA) is 98.1 Å². The number of hydrogen-bond donors (Lipinski definition) is 0. The average molecular weight is 710 g/mol. The van der Waals surface area contributed by atoms with Gasteiger partial charge in [-0.3, -0.25) is 4.79 Å². The van der Waals surface area contributed by atoms with Gasteiger partial charge in [0.05, 0.1) is 32.1 Å². The van der Waals surface area contributed by atoms with Gasteiger partial charge < -0.3 is 33.6 Å². The second-order valence-electron chi connectivity index (χ2n) is 15.4. The van der Waals surface area contributed by atoms with Crippen molar-refractivity contribution in [1.29, 1.82) is 0 Å². The molecule has 1 saturated carbocycles. The molecule has 0 bridgehead atoms. The van der Waals surface area contributed by atoms with Crippen LogP contribution in [0.4, 0.5) is 10.5 Å². The van der Waals surface area contributed by atoms with Gasteiger partial charge >= 0.3 is 6.09 Å². The Morgan fingerprint density at radius 2 is 1.62 bits per heavy atom. The summed E-state index contributed by atoms with van der Waals surface area (Å²) in [6.45, 7) is 12.9. The summed E-state index contributed by atoms with van der Waals surface area (Å²) in [7, 11) is 3.35. The highest BCUT2D eigenvalue weighted by Crippen LogP contribution is 2.45. The van der Waals surface area contributed by atoms with Gasteiger partial charge in [-0.25, -0.2) is 9.31 Å². The minimum absolute atomic E-state index is 0.0411. The smallest absolute Gasteiger partial charge is 0.410 e. The Balaban J connectivity index is 1.11. The Kier molecular flexibility index (Phi) is 9.71. The second kappa shape index (κ2) is 14.2. The second-order valence-corrected chi connectivity index (χ2v) is 15.4. The number of fused-ring (bicyclic) bond motifs is 1. The van der Waals surface area contributed by atoms with E-state index < -0.39 is 5.60 Å². The van der Waals surface area contributed by atoms with Crippen LogP contribution in [0.1, 0.15) is 77.0 Å². The van der Waals surface area contributed by atoms with E-state index in [0.29, 0.717) is 45.1 Å². The maximum Gasteiger partial charge on any atom is 0.410 e. The van der Waals surface area contributed by atoms with Crippen LogP contribution in [0.5, 0.6) is 17.2 Å². The zero-order valence-corrected chi connectivity index (χ0v) is 31.4. The highest BCUT2D eigenvalue weighted by molar-refractivity contribution is 5.80. The quantitative estimate of drug-likeness (QED) is 0.169. The van der Waals surface area contributed by atoms with Crippen LogP contribution in [0.3, 0.4) is 0 Å². The van der Waals surface area contributed by atoms with Gasteiger partial charge in [0.25, 0.3) is 0 Å². The number of pyridine rings is 1. The van der Waals surface area contributed by atoms with Crippen molar-refractivity contribution in [2.45, 2.75) is 77.5 Å². The molecule has 2 saturated heterocycles. The van der Waals surface area contributed by atoms with Gasteiger partial charge in [-0.2, -0.15) is 5.10 Å². The zero-order chi connectivity index (χ0) is 36.7. The number of piperazine rings is 1. The van der Waals surface area contributed by atoms with Crippen molar-refractivity contribution >= 4 is 23.2 Å².